The average Bonchev–Trinajstić information content (AvgIpc) is 2.97. The number of carbonyl (C=O) groups is 1. The van der Waals surface area contributed by atoms with E-state index >= 15 is 0 Å². The quantitative estimate of drug-likeness (QED) is 0.575. The molecule has 7 heteroatoms. The van der Waals surface area contributed by atoms with Gasteiger partial charge in [-0.1, -0.05) is 35.5 Å². The summed E-state index contributed by atoms with van der Waals surface area (Å²) in [6.07, 6.45) is 0. The summed E-state index contributed by atoms with van der Waals surface area (Å²) in [4.78, 5) is 14.9. The van der Waals surface area contributed by atoms with Crippen LogP contribution in [0.1, 0.15) is 10.4 Å². The third-order valence-electron chi connectivity index (χ3n) is 2.89. The molecule has 104 valence electrons. The van der Waals surface area contributed by atoms with Gasteiger partial charge >= 0.3 is 29.6 Å². The smallest absolute Gasteiger partial charge is 0.545 e. The molecule has 0 fully saturated rings. The monoisotopic (exact) mass is 306 g/mol. The normalized spacial score (nSPS) is 10.0. The molecule has 0 saturated heterocycles. The fourth-order valence-electron chi connectivity index (χ4n) is 1.87. The van der Waals surface area contributed by atoms with Crippen LogP contribution in [0.3, 0.4) is 0 Å². The van der Waals surface area contributed by atoms with Crippen molar-refractivity contribution in [2.24, 2.45) is 0 Å². The van der Waals surface area contributed by atoms with Crippen LogP contribution >= 0.6 is 0 Å². The Kier molecular flexibility index (Phi) is 5.07. The molecule has 2 aromatic carbocycles. The summed E-state index contributed by atoms with van der Waals surface area (Å²) >= 11 is 0. The number of hydrogen-bond acceptors (Lipinski definition) is 5. The van der Waals surface area contributed by atoms with E-state index in [1.807, 2.05) is 0 Å². The number of hydrogen-bond donors (Lipinski definition) is 0. The van der Waals surface area contributed by atoms with Crippen LogP contribution in [0.4, 0.5) is 4.39 Å². The zero-order valence-electron chi connectivity index (χ0n) is 11.6. The number of halogens is 1. The third-order valence-corrected chi connectivity index (χ3v) is 2.89. The van der Waals surface area contributed by atoms with Gasteiger partial charge in [-0.05, 0) is 23.8 Å². The summed E-state index contributed by atoms with van der Waals surface area (Å²) in [6, 6.07) is 11.9. The van der Waals surface area contributed by atoms with Crippen molar-refractivity contribution >= 4 is 5.97 Å². The summed E-state index contributed by atoms with van der Waals surface area (Å²) in [6.45, 7) is 0. The maximum Gasteiger partial charge on any atom is 1.00 e. The van der Waals surface area contributed by atoms with Crippen molar-refractivity contribution in [2.45, 2.75) is 0 Å². The molecule has 5 nitrogen and oxygen atoms in total. The largest absolute Gasteiger partial charge is 1.00 e. The maximum atomic E-state index is 13.6. The molecule has 1 heterocycles. The first-order valence-electron chi connectivity index (χ1n) is 6.05. The topological polar surface area (TPSA) is 79.0 Å². The molecule has 22 heavy (non-hydrogen) atoms. The van der Waals surface area contributed by atoms with Crippen molar-refractivity contribution < 1.29 is 48.4 Å². The van der Waals surface area contributed by atoms with E-state index in [0.717, 1.165) is 0 Å². The minimum atomic E-state index is -1.30. The first-order valence-corrected chi connectivity index (χ1v) is 6.05. The molecule has 0 amide bonds. The first-order chi connectivity index (χ1) is 10.1. The first kappa shape index (κ1) is 16.4. The van der Waals surface area contributed by atoms with Crippen molar-refractivity contribution in [3.63, 3.8) is 0 Å². The molecule has 0 N–H and O–H groups in total. The van der Waals surface area contributed by atoms with E-state index < -0.39 is 11.8 Å². The van der Waals surface area contributed by atoms with Crippen LogP contribution in [0.2, 0.25) is 0 Å². The van der Waals surface area contributed by atoms with E-state index in [1.165, 1.54) is 24.3 Å². The Labute approximate surface area is 147 Å². The van der Waals surface area contributed by atoms with E-state index in [1.54, 1.807) is 24.3 Å². The molecule has 1 aromatic heterocycles. The Morgan fingerprint density at radius 1 is 1.14 bits per heavy atom. The Bertz CT molecular complexity index is 820. The minimum absolute atomic E-state index is 0. The zero-order valence-corrected chi connectivity index (χ0v) is 13.6. The molecule has 0 aliphatic rings. The molecule has 0 aliphatic heterocycles. The van der Waals surface area contributed by atoms with Gasteiger partial charge in [0.15, 0.2) is 0 Å². The summed E-state index contributed by atoms with van der Waals surface area (Å²) in [5.74, 6) is -1.57. The number of carboxylic acids is 1. The second-order valence-corrected chi connectivity index (χ2v) is 4.27. The van der Waals surface area contributed by atoms with Gasteiger partial charge < -0.3 is 14.4 Å². The summed E-state index contributed by atoms with van der Waals surface area (Å²) in [5.41, 5.74) is 0.639. The molecule has 0 bridgehead atoms. The van der Waals surface area contributed by atoms with Crippen LogP contribution in [0.15, 0.2) is 53.1 Å². The minimum Gasteiger partial charge on any atom is -0.545 e. The molecule has 0 spiro atoms. The second kappa shape index (κ2) is 6.83. The molecule has 0 atom stereocenters. The molecular formula is C15H8FN2NaO3. The van der Waals surface area contributed by atoms with Crippen LogP contribution in [0, 0.1) is 5.82 Å². The predicted octanol–water partition coefficient (Wildman–Crippen LogP) is -1.09. The van der Waals surface area contributed by atoms with E-state index in [9.17, 15) is 14.3 Å². The Hall–Kier alpha value is -2.02. The SMILES string of the molecule is O=C([O-])c1cccc(-c2noc(-c3ccccc3F)n2)c1.[Na+]. The summed E-state index contributed by atoms with van der Waals surface area (Å²) in [7, 11) is 0. The Morgan fingerprint density at radius 3 is 2.64 bits per heavy atom. The van der Waals surface area contributed by atoms with Crippen molar-refractivity contribution in [2.75, 3.05) is 0 Å². The van der Waals surface area contributed by atoms with Gasteiger partial charge in [0.2, 0.25) is 5.82 Å². The number of nitrogens with zero attached hydrogens (tertiary/aromatic N) is 2. The molecule has 0 aliphatic carbocycles. The second-order valence-electron chi connectivity index (χ2n) is 4.27. The van der Waals surface area contributed by atoms with Gasteiger partial charge in [0.05, 0.1) is 11.5 Å². The maximum absolute atomic E-state index is 13.6. The number of carbonyl (C=O) groups excluding carboxylic acids is 1. The molecule has 3 aromatic rings. The predicted molar refractivity (Wildman–Crippen MR) is 69.5 cm³/mol. The Balaban J connectivity index is 0.00000176. The van der Waals surface area contributed by atoms with Crippen molar-refractivity contribution in [3.8, 4) is 22.8 Å². The van der Waals surface area contributed by atoms with Gasteiger partial charge in [0, 0.05) is 5.56 Å². The molecule has 0 radical (unpaired) electrons. The van der Waals surface area contributed by atoms with Crippen LogP contribution in [0.25, 0.3) is 22.8 Å². The van der Waals surface area contributed by atoms with Crippen LogP contribution < -0.4 is 34.7 Å². The van der Waals surface area contributed by atoms with E-state index in [-0.39, 0.29) is 52.4 Å². The molecule has 0 unspecified atom stereocenters. The molecular weight excluding hydrogens is 298 g/mol. The van der Waals surface area contributed by atoms with Crippen molar-refractivity contribution in [1.82, 2.24) is 10.1 Å². The fourth-order valence-corrected chi connectivity index (χ4v) is 1.87. The number of rotatable bonds is 3. The van der Waals surface area contributed by atoms with Crippen LogP contribution in [0.5, 0.6) is 0 Å². The third kappa shape index (κ3) is 3.24. The van der Waals surface area contributed by atoms with Gasteiger partial charge in [0.1, 0.15) is 5.82 Å². The fraction of sp³-hybridized carbons (Fsp3) is 0. The van der Waals surface area contributed by atoms with Gasteiger partial charge in [-0.2, -0.15) is 4.98 Å². The van der Waals surface area contributed by atoms with E-state index in [0.29, 0.717) is 5.56 Å². The standard InChI is InChI=1S/C15H9FN2O3.Na/c16-12-7-2-1-6-11(12)14-17-13(18-21-14)9-4-3-5-10(8-9)15(19)20;/h1-8H,(H,19,20);/q;+1/p-1. The zero-order chi connectivity index (χ0) is 14.8. The number of aromatic nitrogens is 2. The number of benzene rings is 2. The number of aromatic carboxylic acids is 1. The summed E-state index contributed by atoms with van der Waals surface area (Å²) in [5, 5.41) is 14.6. The van der Waals surface area contributed by atoms with E-state index in [4.69, 9.17) is 4.52 Å². The van der Waals surface area contributed by atoms with E-state index in [2.05, 4.69) is 10.1 Å². The van der Waals surface area contributed by atoms with Crippen molar-refractivity contribution in [1.29, 1.82) is 0 Å². The van der Waals surface area contributed by atoms with Crippen molar-refractivity contribution in [3.05, 3.63) is 59.9 Å². The van der Waals surface area contributed by atoms with Crippen LogP contribution in [-0.4, -0.2) is 16.1 Å². The summed E-state index contributed by atoms with van der Waals surface area (Å²) < 4.78 is 18.7. The van der Waals surface area contributed by atoms with Gasteiger partial charge in [-0.3, -0.25) is 0 Å². The number of carboxylic acid groups (broad SMARTS) is 1. The van der Waals surface area contributed by atoms with Crippen LogP contribution in [-0.2, 0) is 0 Å². The average molecular weight is 306 g/mol. The molecule has 3 rings (SSSR count). The van der Waals surface area contributed by atoms with Gasteiger partial charge in [0.25, 0.3) is 5.89 Å². The molecule has 0 saturated carbocycles. The Morgan fingerprint density at radius 2 is 1.91 bits per heavy atom. The van der Waals surface area contributed by atoms with Gasteiger partial charge in [-0.25, -0.2) is 4.39 Å². The van der Waals surface area contributed by atoms with Gasteiger partial charge in [-0.15, -0.1) is 0 Å².